The van der Waals surface area contributed by atoms with Crippen LogP contribution >= 0.6 is 11.8 Å². The van der Waals surface area contributed by atoms with Crippen molar-refractivity contribution >= 4 is 11.8 Å². The molecule has 0 unspecified atom stereocenters. The predicted octanol–water partition coefficient (Wildman–Crippen LogP) is 2.25. The quantitative estimate of drug-likeness (QED) is 0.793. The summed E-state index contributed by atoms with van der Waals surface area (Å²) in [6, 6.07) is 0. The molecule has 3 heterocycles. The lowest BCUT2D eigenvalue weighted by Gasteiger charge is -2.22. The van der Waals surface area contributed by atoms with E-state index in [1.54, 1.807) is 11.8 Å². The first kappa shape index (κ1) is 13.4. The highest BCUT2D eigenvalue weighted by Crippen LogP contribution is 2.23. The Balaban J connectivity index is 1.51. The van der Waals surface area contributed by atoms with E-state index in [2.05, 4.69) is 14.8 Å². The lowest BCUT2D eigenvalue weighted by atomic mass is 10.2. The largest absolute Gasteiger partial charge is 0.353 e. The second-order valence-electron chi connectivity index (χ2n) is 5.02. The van der Waals surface area contributed by atoms with E-state index >= 15 is 0 Å². The molecule has 1 aromatic heterocycles. The van der Waals surface area contributed by atoms with Gasteiger partial charge in [-0.3, -0.25) is 0 Å². The number of hydrogen-bond donors (Lipinski definition) is 0. The molecule has 0 N–H and O–H groups in total. The molecule has 0 bridgehead atoms. The average molecular weight is 283 g/mol. The van der Waals surface area contributed by atoms with Gasteiger partial charge in [-0.2, -0.15) is 0 Å². The monoisotopic (exact) mass is 283 g/mol. The molecule has 0 saturated carbocycles. The summed E-state index contributed by atoms with van der Waals surface area (Å²) in [5, 5.41) is 9.69. The van der Waals surface area contributed by atoms with E-state index in [0.717, 1.165) is 55.8 Å². The Labute approximate surface area is 118 Å². The fraction of sp³-hybridized carbons (Fsp3) is 0.846. The van der Waals surface area contributed by atoms with Crippen molar-refractivity contribution in [1.82, 2.24) is 14.8 Å². The van der Waals surface area contributed by atoms with Crippen molar-refractivity contribution in [2.75, 3.05) is 19.0 Å². The Kier molecular flexibility index (Phi) is 4.74. The first-order valence-corrected chi connectivity index (χ1v) is 8.20. The molecule has 19 heavy (non-hydrogen) atoms. The Hall–Kier alpha value is -0.590. The van der Waals surface area contributed by atoms with Gasteiger partial charge in [-0.05, 0) is 19.3 Å². The standard InChI is InChI=1S/C13H21N3O2S/c1-2-5-11-14-15-13(16(11)7-3-1)19-10-6-12-17-8-4-9-18-12/h12H,1-10H2. The smallest absolute Gasteiger partial charge is 0.191 e. The van der Waals surface area contributed by atoms with Crippen molar-refractivity contribution in [2.45, 2.75) is 56.5 Å². The van der Waals surface area contributed by atoms with E-state index < -0.39 is 0 Å². The van der Waals surface area contributed by atoms with E-state index in [1.807, 2.05) is 0 Å². The molecule has 5 nitrogen and oxygen atoms in total. The second-order valence-corrected chi connectivity index (χ2v) is 6.09. The third-order valence-electron chi connectivity index (χ3n) is 3.56. The topological polar surface area (TPSA) is 49.2 Å². The molecule has 2 aliphatic rings. The van der Waals surface area contributed by atoms with Gasteiger partial charge in [-0.15, -0.1) is 10.2 Å². The minimum atomic E-state index is -0.0206. The lowest BCUT2D eigenvalue weighted by Crippen LogP contribution is -2.25. The van der Waals surface area contributed by atoms with Crippen LogP contribution in [0.25, 0.3) is 0 Å². The Bertz CT molecular complexity index is 405. The first-order chi connectivity index (χ1) is 9.43. The van der Waals surface area contributed by atoms with E-state index in [4.69, 9.17) is 9.47 Å². The highest BCUT2D eigenvalue weighted by atomic mass is 32.2. The molecule has 106 valence electrons. The molecule has 0 amide bonds. The van der Waals surface area contributed by atoms with E-state index in [1.165, 1.54) is 19.3 Å². The van der Waals surface area contributed by atoms with Gasteiger partial charge in [-0.25, -0.2) is 0 Å². The number of rotatable bonds is 4. The zero-order chi connectivity index (χ0) is 12.9. The molecule has 0 aromatic carbocycles. The second kappa shape index (κ2) is 6.72. The number of thioether (sulfide) groups is 1. The van der Waals surface area contributed by atoms with Crippen LogP contribution in [0.2, 0.25) is 0 Å². The number of fused-ring (bicyclic) bond motifs is 1. The Morgan fingerprint density at radius 3 is 2.89 bits per heavy atom. The van der Waals surface area contributed by atoms with Crippen molar-refractivity contribution in [3.63, 3.8) is 0 Å². The molecule has 6 heteroatoms. The average Bonchev–Trinajstić information content (AvgIpc) is 2.69. The van der Waals surface area contributed by atoms with Crippen LogP contribution in [0.15, 0.2) is 5.16 Å². The summed E-state index contributed by atoms with van der Waals surface area (Å²) in [4.78, 5) is 0. The maximum absolute atomic E-state index is 5.55. The normalized spacial score (nSPS) is 21.1. The van der Waals surface area contributed by atoms with Crippen LogP contribution in [0.3, 0.4) is 0 Å². The fourth-order valence-electron chi connectivity index (χ4n) is 2.51. The SMILES string of the molecule is C1CCc2nnc(SCCC3OCCCO3)n2CC1. The van der Waals surface area contributed by atoms with Gasteiger partial charge in [0.1, 0.15) is 5.82 Å². The summed E-state index contributed by atoms with van der Waals surface area (Å²) in [6.45, 7) is 2.73. The molecular weight excluding hydrogens is 262 g/mol. The summed E-state index contributed by atoms with van der Waals surface area (Å²) in [5.41, 5.74) is 0. The molecule has 1 saturated heterocycles. The Morgan fingerprint density at radius 1 is 1.11 bits per heavy atom. The van der Waals surface area contributed by atoms with Crippen molar-refractivity contribution in [1.29, 1.82) is 0 Å². The van der Waals surface area contributed by atoms with Gasteiger partial charge in [0.2, 0.25) is 0 Å². The van der Waals surface area contributed by atoms with E-state index in [0.29, 0.717) is 0 Å². The fourth-order valence-corrected chi connectivity index (χ4v) is 3.46. The van der Waals surface area contributed by atoms with Crippen molar-refractivity contribution < 1.29 is 9.47 Å². The number of aryl methyl sites for hydroxylation is 1. The molecule has 0 aliphatic carbocycles. The molecule has 1 aromatic rings. The Morgan fingerprint density at radius 2 is 2.00 bits per heavy atom. The van der Waals surface area contributed by atoms with Gasteiger partial charge in [0.15, 0.2) is 11.4 Å². The van der Waals surface area contributed by atoms with Crippen LogP contribution in [0.4, 0.5) is 0 Å². The van der Waals surface area contributed by atoms with Crippen LogP contribution in [-0.4, -0.2) is 40.0 Å². The van der Waals surface area contributed by atoms with Crippen LogP contribution in [0.1, 0.15) is 37.9 Å². The van der Waals surface area contributed by atoms with Gasteiger partial charge in [0, 0.05) is 25.1 Å². The number of aromatic nitrogens is 3. The van der Waals surface area contributed by atoms with Gasteiger partial charge in [0.25, 0.3) is 0 Å². The maximum Gasteiger partial charge on any atom is 0.191 e. The van der Waals surface area contributed by atoms with Crippen molar-refractivity contribution in [3.8, 4) is 0 Å². The molecule has 0 radical (unpaired) electrons. The molecular formula is C13H21N3O2S. The van der Waals surface area contributed by atoms with Crippen LogP contribution < -0.4 is 0 Å². The summed E-state index contributed by atoms with van der Waals surface area (Å²) in [5.74, 6) is 2.13. The number of ether oxygens (including phenoxy) is 2. The summed E-state index contributed by atoms with van der Waals surface area (Å²) in [6.07, 6.45) is 6.78. The molecule has 0 spiro atoms. The van der Waals surface area contributed by atoms with E-state index in [-0.39, 0.29) is 6.29 Å². The zero-order valence-corrected chi connectivity index (χ0v) is 12.0. The lowest BCUT2D eigenvalue weighted by molar-refractivity contribution is -0.178. The van der Waals surface area contributed by atoms with Crippen molar-refractivity contribution in [3.05, 3.63) is 5.82 Å². The minimum absolute atomic E-state index is 0.0206. The van der Waals surface area contributed by atoms with Gasteiger partial charge in [-0.1, -0.05) is 18.2 Å². The van der Waals surface area contributed by atoms with Crippen LogP contribution in [-0.2, 0) is 22.4 Å². The van der Waals surface area contributed by atoms with Gasteiger partial charge < -0.3 is 14.0 Å². The predicted molar refractivity (Wildman–Crippen MR) is 73.2 cm³/mol. The maximum atomic E-state index is 5.55. The van der Waals surface area contributed by atoms with Gasteiger partial charge in [0.05, 0.1) is 13.2 Å². The molecule has 2 aliphatic heterocycles. The van der Waals surface area contributed by atoms with Gasteiger partial charge >= 0.3 is 0 Å². The number of hydrogen-bond acceptors (Lipinski definition) is 5. The third-order valence-corrected chi connectivity index (χ3v) is 4.56. The number of nitrogens with zero attached hydrogens (tertiary/aromatic N) is 3. The van der Waals surface area contributed by atoms with Crippen LogP contribution in [0, 0.1) is 0 Å². The molecule has 1 fully saturated rings. The summed E-state index contributed by atoms with van der Waals surface area (Å²) < 4.78 is 13.4. The molecule has 0 atom stereocenters. The zero-order valence-electron chi connectivity index (χ0n) is 11.2. The molecule has 3 rings (SSSR count). The van der Waals surface area contributed by atoms with Crippen molar-refractivity contribution in [2.24, 2.45) is 0 Å². The minimum Gasteiger partial charge on any atom is -0.353 e. The summed E-state index contributed by atoms with van der Waals surface area (Å²) in [7, 11) is 0. The highest BCUT2D eigenvalue weighted by molar-refractivity contribution is 7.99. The summed E-state index contributed by atoms with van der Waals surface area (Å²) >= 11 is 1.77. The highest BCUT2D eigenvalue weighted by Gasteiger charge is 2.17. The van der Waals surface area contributed by atoms with E-state index in [9.17, 15) is 0 Å². The first-order valence-electron chi connectivity index (χ1n) is 7.21. The third kappa shape index (κ3) is 3.49. The van der Waals surface area contributed by atoms with Crippen LogP contribution in [0.5, 0.6) is 0 Å².